The number of carbonyl (C=O) groups excluding carboxylic acids is 3. The molecule has 0 saturated carbocycles. The summed E-state index contributed by atoms with van der Waals surface area (Å²) in [6.07, 6.45) is -0.342. The number of imide groups is 1. The zero-order valence-electron chi connectivity index (χ0n) is 17.5. The molecule has 3 aromatic carbocycles. The van der Waals surface area contributed by atoms with E-state index in [2.05, 4.69) is 5.32 Å². The maximum absolute atomic E-state index is 13.4. The van der Waals surface area contributed by atoms with Crippen molar-refractivity contribution in [2.75, 3.05) is 22.2 Å². The largest absolute Gasteiger partial charge is 0.497 e. The first-order valence-electron chi connectivity index (χ1n) is 9.99. The van der Waals surface area contributed by atoms with Gasteiger partial charge in [-0.1, -0.05) is 0 Å². The van der Waals surface area contributed by atoms with Crippen LogP contribution in [0.25, 0.3) is 0 Å². The Morgan fingerprint density at radius 3 is 2.00 bits per heavy atom. The van der Waals surface area contributed by atoms with Gasteiger partial charge in [-0.3, -0.25) is 14.5 Å². The quantitative estimate of drug-likeness (QED) is 0.566. The third kappa shape index (κ3) is 4.52. The lowest BCUT2D eigenvalue weighted by Crippen LogP contribution is -2.38. The Bertz CT molecular complexity index is 1180. The second kappa shape index (κ2) is 9.07. The van der Waals surface area contributed by atoms with Crippen LogP contribution in [0, 0.1) is 11.6 Å². The first kappa shape index (κ1) is 21.9. The highest BCUT2D eigenvalue weighted by Gasteiger charge is 2.47. The van der Waals surface area contributed by atoms with Crippen LogP contribution in [0.4, 0.5) is 30.6 Å². The summed E-state index contributed by atoms with van der Waals surface area (Å²) in [6, 6.07) is 14.7. The van der Waals surface area contributed by atoms with Gasteiger partial charge in [-0.2, -0.15) is 0 Å². The van der Waals surface area contributed by atoms with Gasteiger partial charge in [0.1, 0.15) is 23.4 Å². The molecular formula is C24H19F2N3O4. The molecule has 0 spiro atoms. The lowest BCUT2D eigenvalue weighted by molar-refractivity contribution is -0.122. The predicted octanol–water partition coefficient (Wildman–Crippen LogP) is 4.34. The molecule has 1 aliphatic rings. The van der Waals surface area contributed by atoms with E-state index in [-0.39, 0.29) is 12.1 Å². The number of benzene rings is 3. The topological polar surface area (TPSA) is 79.0 Å². The van der Waals surface area contributed by atoms with Gasteiger partial charge in [-0.15, -0.1) is 0 Å². The summed E-state index contributed by atoms with van der Waals surface area (Å²) in [6.45, 7) is 0. The first-order valence-corrected chi connectivity index (χ1v) is 9.99. The number of hydrogen-bond donors (Lipinski definition) is 1. The van der Waals surface area contributed by atoms with E-state index in [0.717, 1.165) is 17.0 Å². The van der Waals surface area contributed by atoms with Gasteiger partial charge in [0.15, 0.2) is 0 Å². The number of hydrogen-bond acceptors (Lipinski definition) is 4. The number of amides is 4. The molecular weight excluding hydrogens is 432 g/mol. The van der Waals surface area contributed by atoms with E-state index in [1.54, 1.807) is 24.3 Å². The van der Waals surface area contributed by atoms with E-state index >= 15 is 0 Å². The van der Waals surface area contributed by atoms with Gasteiger partial charge in [0, 0.05) is 11.4 Å². The van der Waals surface area contributed by atoms with E-state index < -0.39 is 35.5 Å². The predicted molar refractivity (Wildman–Crippen MR) is 118 cm³/mol. The smallest absolute Gasteiger partial charge is 0.336 e. The number of methoxy groups -OCH3 is 1. The van der Waals surface area contributed by atoms with Crippen molar-refractivity contribution >= 4 is 34.9 Å². The number of ether oxygens (including phenoxy) is 1. The summed E-state index contributed by atoms with van der Waals surface area (Å²) in [5.74, 6) is -1.58. The van der Waals surface area contributed by atoms with Gasteiger partial charge in [0.2, 0.25) is 5.91 Å². The summed E-state index contributed by atoms with van der Waals surface area (Å²) in [4.78, 5) is 41.4. The Hall–Kier alpha value is -4.27. The zero-order valence-corrected chi connectivity index (χ0v) is 17.5. The van der Waals surface area contributed by atoms with Gasteiger partial charge in [0.05, 0.1) is 19.2 Å². The van der Waals surface area contributed by atoms with Crippen molar-refractivity contribution in [3.05, 3.63) is 84.4 Å². The van der Waals surface area contributed by atoms with Crippen LogP contribution < -0.4 is 19.9 Å². The maximum Gasteiger partial charge on any atom is 0.336 e. The maximum atomic E-state index is 13.4. The molecule has 168 valence electrons. The van der Waals surface area contributed by atoms with E-state index in [1.807, 2.05) is 0 Å². The number of nitrogens with zero attached hydrogens (tertiary/aromatic N) is 2. The van der Waals surface area contributed by atoms with Crippen molar-refractivity contribution in [3.63, 3.8) is 0 Å². The number of nitrogens with one attached hydrogen (secondary N) is 1. The molecule has 3 aromatic rings. The zero-order chi connectivity index (χ0) is 23.5. The lowest BCUT2D eigenvalue weighted by atomic mass is 10.1. The minimum atomic E-state index is -1.14. The summed E-state index contributed by atoms with van der Waals surface area (Å²) in [5.41, 5.74) is 0.925. The summed E-state index contributed by atoms with van der Waals surface area (Å²) in [7, 11) is 1.50. The van der Waals surface area contributed by atoms with Crippen LogP contribution in [0.1, 0.15) is 6.42 Å². The standard InChI is InChI=1S/C24H19F2N3O4/c1-33-20-12-10-18(11-13-20)28-21(14-22(30)27-17-6-2-15(25)3-7-17)23(31)29(24(28)32)19-8-4-16(26)5-9-19/h2-13,21H,14H2,1H3,(H,27,30)/t21-/m1/s1. The molecule has 1 aliphatic heterocycles. The molecule has 33 heavy (non-hydrogen) atoms. The molecule has 0 aromatic heterocycles. The number of urea groups is 1. The van der Waals surface area contributed by atoms with Crippen molar-refractivity contribution in [1.29, 1.82) is 0 Å². The highest BCUT2D eigenvalue weighted by molar-refractivity contribution is 6.29. The van der Waals surface area contributed by atoms with Crippen molar-refractivity contribution in [1.82, 2.24) is 0 Å². The fourth-order valence-electron chi connectivity index (χ4n) is 3.56. The van der Waals surface area contributed by atoms with E-state index in [1.165, 1.54) is 48.4 Å². The molecule has 1 saturated heterocycles. The molecule has 1 heterocycles. The molecule has 7 nitrogen and oxygen atoms in total. The fraction of sp³-hybridized carbons (Fsp3) is 0.125. The van der Waals surface area contributed by atoms with E-state index in [9.17, 15) is 23.2 Å². The van der Waals surface area contributed by atoms with Gasteiger partial charge in [0.25, 0.3) is 5.91 Å². The SMILES string of the molecule is COc1ccc(N2C(=O)N(c3ccc(F)cc3)C(=O)[C@H]2CC(=O)Nc2ccc(F)cc2)cc1. The van der Waals surface area contributed by atoms with E-state index in [4.69, 9.17) is 4.74 Å². The molecule has 4 rings (SSSR count). The van der Waals surface area contributed by atoms with Crippen LogP contribution >= 0.6 is 0 Å². The van der Waals surface area contributed by atoms with Crippen molar-refractivity contribution in [2.24, 2.45) is 0 Å². The molecule has 0 unspecified atom stereocenters. The third-order valence-electron chi connectivity index (χ3n) is 5.16. The molecule has 1 N–H and O–H groups in total. The molecule has 4 amide bonds. The lowest BCUT2D eigenvalue weighted by Gasteiger charge is -2.22. The summed E-state index contributed by atoms with van der Waals surface area (Å²) in [5, 5.41) is 2.60. The highest BCUT2D eigenvalue weighted by Crippen LogP contribution is 2.32. The Morgan fingerprint density at radius 2 is 1.42 bits per heavy atom. The monoisotopic (exact) mass is 451 g/mol. The second-order valence-electron chi connectivity index (χ2n) is 7.28. The summed E-state index contributed by atoms with van der Waals surface area (Å²) >= 11 is 0. The van der Waals surface area contributed by atoms with Gasteiger partial charge < -0.3 is 10.1 Å². The molecule has 1 fully saturated rings. The van der Waals surface area contributed by atoms with Crippen molar-refractivity contribution in [2.45, 2.75) is 12.5 Å². The molecule has 0 bridgehead atoms. The third-order valence-corrected chi connectivity index (χ3v) is 5.16. The number of anilines is 3. The summed E-state index contributed by atoms with van der Waals surface area (Å²) < 4.78 is 31.6. The fourth-order valence-corrected chi connectivity index (χ4v) is 3.56. The Kier molecular flexibility index (Phi) is 6.03. The number of halogens is 2. The first-order chi connectivity index (χ1) is 15.9. The van der Waals surface area contributed by atoms with Gasteiger partial charge >= 0.3 is 6.03 Å². The van der Waals surface area contributed by atoms with Gasteiger partial charge in [-0.05, 0) is 72.8 Å². The second-order valence-corrected chi connectivity index (χ2v) is 7.28. The average molecular weight is 451 g/mol. The van der Waals surface area contributed by atoms with Crippen LogP contribution in [-0.4, -0.2) is 31.0 Å². The van der Waals surface area contributed by atoms with E-state index in [0.29, 0.717) is 17.1 Å². The number of rotatable bonds is 6. The van der Waals surface area contributed by atoms with Crippen LogP contribution in [-0.2, 0) is 9.59 Å². The minimum Gasteiger partial charge on any atom is -0.497 e. The molecule has 0 radical (unpaired) electrons. The van der Waals surface area contributed by atoms with Crippen molar-refractivity contribution < 1.29 is 27.9 Å². The minimum absolute atomic E-state index is 0.186. The number of carbonyl (C=O) groups is 3. The van der Waals surface area contributed by atoms with Crippen molar-refractivity contribution in [3.8, 4) is 5.75 Å². The molecule has 9 heteroatoms. The molecule has 1 atom stereocenters. The van der Waals surface area contributed by atoms with Crippen LogP contribution in [0.5, 0.6) is 5.75 Å². The van der Waals surface area contributed by atoms with Gasteiger partial charge in [-0.25, -0.2) is 18.5 Å². The van der Waals surface area contributed by atoms with Crippen LogP contribution in [0.2, 0.25) is 0 Å². The van der Waals surface area contributed by atoms with Crippen LogP contribution in [0.15, 0.2) is 72.8 Å². The Labute approximate surface area is 188 Å². The Balaban J connectivity index is 1.64. The highest BCUT2D eigenvalue weighted by atomic mass is 19.1. The molecule has 0 aliphatic carbocycles. The van der Waals surface area contributed by atoms with Crippen LogP contribution in [0.3, 0.4) is 0 Å². The Morgan fingerprint density at radius 1 is 0.879 bits per heavy atom. The normalized spacial score (nSPS) is 15.7. The average Bonchev–Trinajstić information content (AvgIpc) is 3.05.